The third kappa shape index (κ3) is 16.0. The molecule has 4 aliphatic heterocycles. The summed E-state index contributed by atoms with van der Waals surface area (Å²) < 4.78 is 0. The molecule has 12 nitrogen and oxygen atoms in total. The fourth-order valence-electron chi connectivity index (χ4n) is 15.9. The first kappa shape index (κ1) is 75.7. The molecule has 0 bridgehead atoms. The molecule has 0 spiro atoms. The van der Waals surface area contributed by atoms with E-state index in [2.05, 4.69) is 406 Å². The lowest BCUT2D eigenvalue weighted by Gasteiger charge is -2.35. The number of benzene rings is 5. The van der Waals surface area contributed by atoms with Gasteiger partial charge in [0, 0.05) is 101 Å². The zero-order valence-electron chi connectivity index (χ0n) is 66.4. The van der Waals surface area contributed by atoms with Crippen LogP contribution in [0.3, 0.4) is 0 Å². The molecular weight excluding hydrogens is 1260 g/mol. The van der Waals surface area contributed by atoms with E-state index in [9.17, 15) is 0 Å². The van der Waals surface area contributed by atoms with Crippen LogP contribution in [-0.2, 0) is 0 Å². The Morgan fingerprint density at radius 1 is 0.272 bits per heavy atom. The molecule has 0 radical (unpaired) electrons. The van der Waals surface area contributed by atoms with Gasteiger partial charge in [0.05, 0.1) is 51.2 Å². The lowest BCUT2D eigenvalue weighted by Crippen LogP contribution is -2.40. The van der Waals surface area contributed by atoms with Crippen LogP contribution >= 0.6 is 0 Å². The summed E-state index contributed by atoms with van der Waals surface area (Å²) in [5.41, 5.74) is 32.9. The zero-order valence-corrected chi connectivity index (χ0v) is 66.4. The SMILES string of the molecule is Cc1cc(C(C)C)nc(C)c1N1C=CN(C(C)C)[C@H]1C.Cc1cc(C)c(N2C=CN(c3c(-c4ccccc4)cccc3-c3ccccc3)[C@H]2C)c(C)n1.Cc1cc(C)c(N2C=CN(c3c(C(C)C)cccc3C(C)C)[C@H]2C)c(C)n1.Cc1cc(C)c(N2C=CN(c3c(C)cccc3C)[C@H]2C)c(C)n1. The van der Waals surface area contributed by atoms with Crippen molar-refractivity contribution in [2.45, 2.75) is 222 Å². The Bertz CT molecular complexity index is 4400. The van der Waals surface area contributed by atoms with Crippen LogP contribution in [-0.4, -0.2) is 55.5 Å². The van der Waals surface area contributed by atoms with E-state index in [-0.39, 0.29) is 18.5 Å². The highest BCUT2D eigenvalue weighted by molar-refractivity contribution is 5.93. The van der Waals surface area contributed by atoms with Crippen LogP contribution in [0.25, 0.3) is 22.3 Å². The molecule has 0 saturated heterocycles. The molecule has 8 heterocycles. The zero-order chi connectivity index (χ0) is 74.6. The van der Waals surface area contributed by atoms with Gasteiger partial charge in [0.1, 0.15) is 24.7 Å². The quantitative estimate of drug-likeness (QED) is 0.110. The normalized spacial score (nSPS) is 16.8. The summed E-state index contributed by atoms with van der Waals surface area (Å²) in [6.45, 7) is 54.7. The minimum atomic E-state index is 0.110. The van der Waals surface area contributed by atoms with E-state index in [1.807, 2.05) is 0 Å². The topological polar surface area (TPSA) is 77.5 Å². The molecule has 0 N–H and O–H groups in total. The average molecular weight is 1380 g/mol. The maximum absolute atomic E-state index is 4.79. The fourth-order valence-corrected chi connectivity index (χ4v) is 15.9. The second kappa shape index (κ2) is 32.2. The highest BCUT2D eigenvalue weighted by Gasteiger charge is 2.34. The predicted molar refractivity (Wildman–Crippen MR) is 440 cm³/mol. The minimum Gasteiger partial charge on any atom is -0.353 e. The van der Waals surface area contributed by atoms with E-state index in [4.69, 9.17) is 15.0 Å². The average Bonchev–Trinajstić information content (AvgIpc) is 1.74. The minimum absolute atomic E-state index is 0.110. The van der Waals surface area contributed by atoms with E-state index in [0.717, 1.165) is 39.9 Å². The van der Waals surface area contributed by atoms with E-state index < -0.39 is 0 Å². The van der Waals surface area contributed by atoms with Crippen LogP contribution in [0.5, 0.6) is 0 Å². The fraction of sp³-hybridized carbons (Fsp3) is 0.363. The van der Waals surface area contributed by atoms with E-state index in [1.165, 1.54) is 112 Å². The second-order valence-corrected chi connectivity index (χ2v) is 29.9. The van der Waals surface area contributed by atoms with Gasteiger partial charge in [-0.1, -0.05) is 157 Å². The van der Waals surface area contributed by atoms with Crippen LogP contribution < -0.4 is 34.3 Å². The van der Waals surface area contributed by atoms with Gasteiger partial charge < -0.3 is 39.2 Å². The molecule has 4 aromatic heterocycles. The molecule has 9 aromatic rings. The van der Waals surface area contributed by atoms with Crippen molar-refractivity contribution in [2.75, 3.05) is 34.3 Å². The number of nitrogens with zero attached hydrogens (tertiary/aromatic N) is 12. The van der Waals surface area contributed by atoms with Crippen LogP contribution in [0.2, 0.25) is 0 Å². The molecule has 4 aliphatic rings. The Labute approximate surface area is 618 Å². The predicted octanol–water partition coefficient (Wildman–Crippen LogP) is 22.8. The standard InChI is InChI=1S/C30H29N3.C24H33N3.C20H25N3.C17H27N3/c1-21-20-22(2)31-23(3)29(21)32-18-19-33(24(32)4)30-27(25-12-7-5-8-13-25)16-11-17-28(30)26-14-9-6-10-15-26;1-15(2)21-10-9-11-22(16(3)4)24(21)27-13-12-26(20(27)8)23-17(5)14-18(6)25-19(23)7;1-13-8-7-9-14(2)19(13)22-10-11-23(18(22)6)20-15(3)12-16(4)21-17(20)5;1-11(2)16-10-13(5)17(14(6)18-16)20-9-8-19(12(3)4)15(20)7/h5-20,24H,1-4H3;9-16,20H,1-8H3;7-12,18H,1-6H3;8-12,15H,1-7H3/t24-;20-;18-;15-/m0011/s1. The van der Waals surface area contributed by atoms with E-state index in [0.29, 0.717) is 30.0 Å². The van der Waals surface area contributed by atoms with Crippen molar-refractivity contribution in [2.24, 2.45) is 0 Å². The van der Waals surface area contributed by atoms with Gasteiger partial charge >= 0.3 is 0 Å². The molecule has 0 aliphatic carbocycles. The molecule has 538 valence electrons. The van der Waals surface area contributed by atoms with Crippen molar-refractivity contribution >= 4 is 39.8 Å². The first-order valence-corrected chi connectivity index (χ1v) is 37.2. The first-order valence-electron chi connectivity index (χ1n) is 37.2. The Morgan fingerprint density at radius 3 is 0.922 bits per heavy atom. The Hall–Kier alpha value is -9.94. The van der Waals surface area contributed by atoms with Gasteiger partial charge in [0.2, 0.25) is 0 Å². The highest BCUT2D eigenvalue weighted by atomic mass is 15.4. The Morgan fingerprint density at radius 2 is 0.583 bits per heavy atom. The van der Waals surface area contributed by atoms with Gasteiger partial charge in [0.25, 0.3) is 0 Å². The molecule has 5 aromatic carbocycles. The molecule has 0 unspecified atom stereocenters. The monoisotopic (exact) mass is 1370 g/mol. The maximum Gasteiger partial charge on any atom is 0.107 e. The number of hydrogen-bond acceptors (Lipinski definition) is 12. The molecule has 12 heteroatoms. The smallest absolute Gasteiger partial charge is 0.107 e. The van der Waals surface area contributed by atoms with Gasteiger partial charge in [-0.15, -0.1) is 0 Å². The second-order valence-electron chi connectivity index (χ2n) is 29.9. The lowest BCUT2D eigenvalue weighted by atomic mass is 9.92. The molecule has 4 atom stereocenters. The summed E-state index contributed by atoms with van der Waals surface area (Å²) >= 11 is 0. The van der Waals surface area contributed by atoms with Crippen molar-refractivity contribution in [1.82, 2.24) is 24.8 Å². The highest BCUT2D eigenvalue weighted by Crippen LogP contribution is 2.46. The van der Waals surface area contributed by atoms with E-state index in [1.54, 1.807) is 0 Å². The molecule has 0 saturated carbocycles. The molecular formula is C91H114N12. The van der Waals surface area contributed by atoms with E-state index >= 15 is 0 Å². The Balaban J connectivity index is 0.000000150. The number of para-hydroxylation sites is 3. The van der Waals surface area contributed by atoms with Crippen molar-refractivity contribution in [3.8, 4) is 22.3 Å². The number of aryl methyl sites for hydroxylation is 13. The summed E-state index contributed by atoms with van der Waals surface area (Å²) in [6.07, 6.45) is 18.4. The van der Waals surface area contributed by atoms with Gasteiger partial charge in [-0.2, -0.15) is 0 Å². The van der Waals surface area contributed by atoms with Crippen LogP contribution in [0.1, 0.15) is 191 Å². The van der Waals surface area contributed by atoms with Crippen LogP contribution in [0, 0.1) is 90.0 Å². The van der Waals surface area contributed by atoms with Crippen molar-refractivity contribution in [1.29, 1.82) is 0 Å². The van der Waals surface area contributed by atoms with Gasteiger partial charge in [-0.25, -0.2) is 0 Å². The molecule has 0 amide bonds. The van der Waals surface area contributed by atoms with Crippen molar-refractivity contribution in [3.63, 3.8) is 0 Å². The molecule has 103 heavy (non-hydrogen) atoms. The number of hydrogen-bond donors (Lipinski definition) is 0. The van der Waals surface area contributed by atoms with Gasteiger partial charge in [-0.05, 0) is 229 Å². The third-order valence-corrected chi connectivity index (χ3v) is 20.6. The number of rotatable bonds is 13. The summed E-state index contributed by atoms with van der Waals surface area (Å²) in [5, 5.41) is 0. The van der Waals surface area contributed by atoms with Gasteiger partial charge in [0.15, 0.2) is 0 Å². The number of aromatic nitrogens is 4. The summed E-state index contributed by atoms with van der Waals surface area (Å²) in [4.78, 5) is 37.8. The summed E-state index contributed by atoms with van der Waals surface area (Å²) in [5.74, 6) is 1.44. The largest absolute Gasteiger partial charge is 0.353 e. The summed E-state index contributed by atoms with van der Waals surface area (Å²) in [6, 6.07) is 50.4. The molecule has 13 rings (SSSR count). The summed E-state index contributed by atoms with van der Waals surface area (Å²) in [7, 11) is 0. The van der Waals surface area contributed by atoms with Crippen molar-refractivity contribution in [3.05, 3.63) is 279 Å². The first-order chi connectivity index (χ1) is 49.0. The van der Waals surface area contributed by atoms with Crippen LogP contribution in [0.15, 0.2) is 189 Å². The lowest BCUT2D eigenvalue weighted by molar-refractivity contribution is 0.263. The Kier molecular flexibility index (Phi) is 23.6. The number of anilines is 7. The third-order valence-electron chi connectivity index (χ3n) is 20.6. The van der Waals surface area contributed by atoms with Crippen molar-refractivity contribution < 1.29 is 0 Å². The van der Waals surface area contributed by atoms with Gasteiger partial charge in [-0.3, -0.25) is 19.9 Å². The molecule has 0 fully saturated rings. The van der Waals surface area contributed by atoms with Crippen LogP contribution in [0.4, 0.5) is 39.8 Å². The number of pyridine rings is 4. The maximum atomic E-state index is 4.79.